The number of tetrazole rings is 1. The van der Waals surface area contributed by atoms with Crippen LogP contribution in [-0.2, 0) is 27.9 Å². The van der Waals surface area contributed by atoms with Crippen molar-refractivity contribution in [1.29, 1.82) is 0 Å². The maximum Gasteiger partial charge on any atom is 0.270 e. The predicted molar refractivity (Wildman–Crippen MR) is 132 cm³/mol. The van der Waals surface area contributed by atoms with E-state index in [1.807, 2.05) is 0 Å². The Balaban J connectivity index is 1.35. The van der Waals surface area contributed by atoms with E-state index < -0.39 is 15.9 Å². The number of amides is 2. The Morgan fingerprint density at radius 2 is 1.81 bits per heavy atom. The lowest BCUT2D eigenvalue weighted by molar-refractivity contribution is -0.124. The Morgan fingerprint density at radius 3 is 2.49 bits per heavy atom. The maximum atomic E-state index is 13.1. The maximum absolute atomic E-state index is 13.1. The second-order valence-corrected chi connectivity index (χ2v) is 11.1. The zero-order chi connectivity index (χ0) is 26.6. The number of rotatable bonds is 8. The van der Waals surface area contributed by atoms with E-state index in [-0.39, 0.29) is 35.8 Å². The Morgan fingerprint density at radius 1 is 1.11 bits per heavy atom. The standard InChI is InChI=1S/C24H28FN7O4S/c1-15-11-19(12-21(27-15)24(34)26-13-16-5-9-20(25)10-6-16)22-28-31-32(29-22)14-17-3-7-18(8-4-17)23(33)30-37(2,35)36/h5-6,9-12,17-18H,3-4,7-8,13-14H2,1-2H3,(H,26,34)(H,30,33). The fourth-order valence-electron chi connectivity index (χ4n) is 4.33. The molecule has 0 spiro atoms. The minimum absolute atomic E-state index is 0.208. The highest BCUT2D eigenvalue weighted by molar-refractivity contribution is 7.89. The number of sulfonamides is 1. The summed E-state index contributed by atoms with van der Waals surface area (Å²) in [5, 5.41) is 15.5. The van der Waals surface area contributed by atoms with Gasteiger partial charge in [0.05, 0.1) is 12.8 Å². The molecule has 0 unspecified atom stereocenters. The van der Waals surface area contributed by atoms with E-state index in [4.69, 9.17) is 0 Å². The normalized spacial score (nSPS) is 17.8. The molecule has 196 valence electrons. The minimum Gasteiger partial charge on any atom is -0.347 e. The molecule has 0 atom stereocenters. The summed E-state index contributed by atoms with van der Waals surface area (Å²) in [6, 6.07) is 9.24. The fraction of sp³-hybridized carbons (Fsp3) is 0.417. The van der Waals surface area contributed by atoms with Crippen LogP contribution in [0, 0.1) is 24.6 Å². The largest absolute Gasteiger partial charge is 0.347 e. The van der Waals surface area contributed by atoms with Gasteiger partial charge in [0, 0.05) is 23.7 Å². The molecule has 2 aromatic heterocycles. The van der Waals surface area contributed by atoms with Crippen LogP contribution in [0.2, 0.25) is 0 Å². The summed E-state index contributed by atoms with van der Waals surface area (Å²) in [7, 11) is -3.56. The number of nitrogens with one attached hydrogen (secondary N) is 2. The molecular formula is C24H28FN7O4S. The van der Waals surface area contributed by atoms with E-state index in [1.54, 1.807) is 31.2 Å². The number of hydrogen-bond donors (Lipinski definition) is 2. The molecule has 13 heteroatoms. The molecule has 1 fully saturated rings. The molecule has 4 rings (SSSR count). The summed E-state index contributed by atoms with van der Waals surface area (Å²) in [5.41, 5.74) is 2.19. The van der Waals surface area contributed by atoms with Crippen molar-refractivity contribution in [3.63, 3.8) is 0 Å². The van der Waals surface area contributed by atoms with Crippen molar-refractivity contribution in [1.82, 2.24) is 35.2 Å². The lowest BCUT2D eigenvalue weighted by Gasteiger charge is -2.26. The van der Waals surface area contributed by atoms with E-state index in [1.165, 1.54) is 16.9 Å². The number of aromatic nitrogens is 5. The van der Waals surface area contributed by atoms with Crippen LogP contribution in [-0.4, -0.2) is 51.7 Å². The molecule has 0 bridgehead atoms. The van der Waals surface area contributed by atoms with E-state index in [0.717, 1.165) is 24.7 Å². The van der Waals surface area contributed by atoms with Gasteiger partial charge < -0.3 is 5.32 Å². The first-order valence-electron chi connectivity index (χ1n) is 11.9. The molecule has 3 aromatic rings. The lowest BCUT2D eigenvalue weighted by atomic mass is 9.82. The van der Waals surface area contributed by atoms with E-state index >= 15 is 0 Å². The van der Waals surface area contributed by atoms with E-state index in [0.29, 0.717) is 36.5 Å². The molecule has 11 nitrogen and oxygen atoms in total. The van der Waals surface area contributed by atoms with Crippen LogP contribution in [0.15, 0.2) is 36.4 Å². The predicted octanol–water partition coefficient (Wildman–Crippen LogP) is 1.99. The fourth-order valence-corrected chi connectivity index (χ4v) is 4.86. The highest BCUT2D eigenvalue weighted by Gasteiger charge is 2.28. The molecule has 0 radical (unpaired) electrons. The van der Waals surface area contributed by atoms with Crippen molar-refractivity contribution in [2.75, 3.05) is 6.26 Å². The zero-order valence-corrected chi connectivity index (χ0v) is 21.3. The van der Waals surface area contributed by atoms with Crippen molar-refractivity contribution in [2.24, 2.45) is 11.8 Å². The molecule has 1 aliphatic carbocycles. The number of carbonyl (C=O) groups excluding carboxylic acids is 2. The monoisotopic (exact) mass is 529 g/mol. The van der Waals surface area contributed by atoms with Crippen LogP contribution in [0.5, 0.6) is 0 Å². The Bertz CT molecular complexity index is 1380. The van der Waals surface area contributed by atoms with E-state index in [9.17, 15) is 22.4 Å². The third-order valence-corrected chi connectivity index (χ3v) is 6.76. The van der Waals surface area contributed by atoms with Gasteiger partial charge in [0.2, 0.25) is 21.8 Å². The number of carbonyl (C=O) groups is 2. The molecule has 1 aromatic carbocycles. The number of aryl methyl sites for hydroxylation is 1. The number of benzene rings is 1. The lowest BCUT2D eigenvalue weighted by Crippen LogP contribution is -2.37. The second-order valence-electron chi connectivity index (χ2n) is 9.32. The molecule has 1 saturated carbocycles. The quantitative estimate of drug-likeness (QED) is 0.450. The van der Waals surface area contributed by atoms with Crippen LogP contribution in [0.3, 0.4) is 0 Å². The van der Waals surface area contributed by atoms with E-state index in [2.05, 4.69) is 30.4 Å². The number of pyridine rings is 1. The van der Waals surface area contributed by atoms with Crippen molar-refractivity contribution >= 4 is 21.8 Å². The van der Waals surface area contributed by atoms with Gasteiger partial charge >= 0.3 is 0 Å². The number of nitrogens with zero attached hydrogens (tertiary/aromatic N) is 5. The van der Waals surface area contributed by atoms with Crippen molar-refractivity contribution < 1.29 is 22.4 Å². The first kappa shape index (κ1) is 26.3. The van der Waals surface area contributed by atoms with Gasteiger partial charge in [0.25, 0.3) is 5.91 Å². The van der Waals surface area contributed by atoms with Gasteiger partial charge in [-0.2, -0.15) is 4.80 Å². The molecule has 2 amide bonds. The van der Waals surface area contributed by atoms with Crippen LogP contribution < -0.4 is 10.0 Å². The second kappa shape index (κ2) is 11.1. The third kappa shape index (κ3) is 7.38. The van der Waals surface area contributed by atoms with Gasteiger partial charge in [-0.15, -0.1) is 10.2 Å². The van der Waals surface area contributed by atoms with Gasteiger partial charge in [0.1, 0.15) is 11.5 Å². The van der Waals surface area contributed by atoms with Crippen LogP contribution in [0.1, 0.15) is 47.4 Å². The third-order valence-electron chi connectivity index (χ3n) is 6.19. The summed E-state index contributed by atoms with van der Waals surface area (Å²) >= 11 is 0. The zero-order valence-electron chi connectivity index (χ0n) is 20.5. The molecule has 37 heavy (non-hydrogen) atoms. The summed E-state index contributed by atoms with van der Waals surface area (Å²) in [4.78, 5) is 30.6. The summed E-state index contributed by atoms with van der Waals surface area (Å²) < 4.78 is 37.7. The summed E-state index contributed by atoms with van der Waals surface area (Å²) in [6.45, 7) is 2.52. The molecule has 0 aliphatic heterocycles. The van der Waals surface area contributed by atoms with Crippen LogP contribution >= 0.6 is 0 Å². The van der Waals surface area contributed by atoms with Crippen molar-refractivity contribution in [3.8, 4) is 11.4 Å². The first-order chi connectivity index (χ1) is 17.6. The highest BCUT2D eigenvalue weighted by atomic mass is 32.2. The topological polar surface area (TPSA) is 149 Å². The highest BCUT2D eigenvalue weighted by Crippen LogP contribution is 2.30. The molecule has 1 aliphatic rings. The Kier molecular flexibility index (Phi) is 7.91. The average Bonchev–Trinajstić information content (AvgIpc) is 3.31. The number of halogens is 1. The van der Waals surface area contributed by atoms with Gasteiger partial charge in [-0.25, -0.2) is 17.8 Å². The first-order valence-corrected chi connectivity index (χ1v) is 13.8. The SMILES string of the molecule is Cc1cc(-c2nnn(CC3CCC(C(=O)NS(C)(=O)=O)CC3)n2)cc(C(=O)NCc2ccc(F)cc2)n1. The van der Waals surface area contributed by atoms with Crippen LogP contribution in [0.25, 0.3) is 11.4 Å². The Labute approximate surface area is 213 Å². The minimum atomic E-state index is -3.56. The van der Waals surface area contributed by atoms with Gasteiger partial charge in [-0.05, 0) is 73.6 Å². The molecule has 2 heterocycles. The Hall–Kier alpha value is -3.74. The summed E-state index contributed by atoms with van der Waals surface area (Å²) in [5.74, 6) is -0.899. The number of hydrogen-bond acceptors (Lipinski definition) is 8. The van der Waals surface area contributed by atoms with Crippen molar-refractivity contribution in [2.45, 2.75) is 45.7 Å². The average molecular weight is 530 g/mol. The van der Waals surface area contributed by atoms with Gasteiger partial charge in [-0.1, -0.05) is 12.1 Å². The smallest absolute Gasteiger partial charge is 0.270 e. The van der Waals surface area contributed by atoms with Crippen molar-refractivity contribution in [3.05, 3.63) is 59.2 Å². The molecular weight excluding hydrogens is 501 g/mol. The molecule has 2 N–H and O–H groups in total. The van der Waals surface area contributed by atoms with Gasteiger partial charge in [0.15, 0.2) is 0 Å². The van der Waals surface area contributed by atoms with Gasteiger partial charge in [-0.3, -0.25) is 14.3 Å². The molecule has 0 saturated heterocycles. The van der Waals surface area contributed by atoms with Crippen LogP contribution in [0.4, 0.5) is 4.39 Å². The summed E-state index contributed by atoms with van der Waals surface area (Å²) in [6.07, 6.45) is 3.64.